The van der Waals surface area contributed by atoms with E-state index in [9.17, 15) is 0 Å². The van der Waals surface area contributed by atoms with Gasteiger partial charge in [-0.1, -0.05) is 33.2 Å². The first-order valence-electron chi connectivity index (χ1n) is 5.91. The number of H-pyrrole nitrogens is 1. The molecule has 0 spiro atoms. The van der Waals surface area contributed by atoms with Crippen LogP contribution in [0.5, 0.6) is 0 Å². The number of nitrogens with zero attached hydrogens (tertiary/aromatic N) is 2. The van der Waals surface area contributed by atoms with Crippen molar-refractivity contribution in [1.29, 1.82) is 0 Å². The third kappa shape index (κ3) is 2.25. The number of aromatic nitrogens is 2. The minimum absolute atomic E-state index is 0.0745. The molecule has 0 unspecified atom stereocenters. The number of benzene rings is 2. The Morgan fingerprint density at radius 2 is 2.10 bits per heavy atom. The zero-order valence-electron chi connectivity index (χ0n) is 10.3. The SMILES string of the molecule is N/C(=N\O)c1ccc2nc(-c3cccc(Br)c3)[nH]c2c1. The zero-order valence-corrected chi connectivity index (χ0v) is 11.9. The first-order chi connectivity index (χ1) is 9.67. The second-order valence-corrected chi connectivity index (χ2v) is 5.23. The number of halogens is 1. The van der Waals surface area contributed by atoms with Gasteiger partial charge in [-0.15, -0.1) is 0 Å². The Morgan fingerprint density at radius 1 is 1.25 bits per heavy atom. The summed E-state index contributed by atoms with van der Waals surface area (Å²) in [5.41, 5.74) is 8.88. The van der Waals surface area contributed by atoms with Crippen LogP contribution in [0.3, 0.4) is 0 Å². The molecule has 3 aromatic rings. The Balaban J connectivity index is 2.11. The fourth-order valence-corrected chi connectivity index (χ4v) is 2.40. The van der Waals surface area contributed by atoms with Gasteiger partial charge in [0.1, 0.15) is 5.82 Å². The molecule has 0 aliphatic carbocycles. The summed E-state index contributed by atoms with van der Waals surface area (Å²) < 4.78 is 0.993. The first kappa shape index (κ1) is 12.7. The molecule has 6 heteroatoms. The minimum atomic E-state index is 0.0745. The topological polar surface area (TPSA) is 87.3 Å². The number of hydrogen-bond acceptors (Lipinski definition) is 3. The van der Waals surface area contributed by atoms with Crippen LogP contribution in [0.1, 0.15) is 5.56 Å². The number of nitrogens with two attached hydrogens (primary N) is 1. The maximum atomic E-state index is 8.71. The van der Waals surface area contributed by atoms with Crippen LogP contribution in [0.25, 0.3) is 22.4 Å². The summed E-state index contributed by atoms with van der Waals surface area (Å²) in [5, 5.41) is 11.7. The van der Waals surface area contributed by atoms with Crippen molar-refractivity contribution in [2.75, 3.05) is 0 Å². The Bertz CT molecular complexity index is 810. The Labute approximate surface area is 123 Å². The molecule has 0 aliphatic heterocycles. The maximum Gasteiger partial charge on any atom is 0.170 e. The number of nitrogens with one attached hydrogen (secondary N) is 1. The fourth-order valence-electron chi connectivity index (χ4n) is 2.00. The van der Waals surface area contributed by atoms with Gasteiger partial charge in [0, 0.05) is 15.6 Å². The molecule has 0 atom stereocenters. The number of fused-ring (bicyclic) bond motifs is 1. The van der Waals surface area contributed by atoms with Gasteiger partial charge in [-0.3, -0.25) is 0 Å². The Hall–Kier alpha value is -2.34. The highest BCUT2D eigenvalue weighted by Crippen LogP contribution is 2.23. The second-order valence-electron chi connectivity index (χ2n) is 4.31. The minimum Gasteiger partial charge on any atom is -0.409 e. The van der Waals surface area contributed by atoms with Crippen molar-refractivity contribution >= 4 is 32.8 Å². The van der Waals surface area contributed by atoms with Gasteiger partial charge in [-0.05, 0) is 30.3 Å². The van der Waals surface area contributed by atoms with E-state index in [1.807, 2.05) is 30.3 Å². The van der Waals surface area contributed by atoms with Crippen molar-refractivity contribution in [2.24, 2.45) is 10.9 Å². The van der Waals surface area contributed by atoms with E-state index in [4.69, 9.17) is 10.9 Å². The van der Waals surface area contributed by atoms with Crippen molar-refractivity contribution in [3.63, 3.8) is 0 Å². The molecule has 0 bridgehead atoms. The number of oxime groups is 1. The zero-order chi connectivity index (χ0) is 14.1. The number of imidazole rings is 1. The highest BCUT2D eigenvalue weighted by atomic mass is 79.9. The van der Waals surface area contributed by atoms with Gasteiger partial charge in [0.25, 0.3) is 0 Å². The molecule has 1 heterocycles. The molecule has 0 amide bonds. The van der Waals surface area contributed by atoms with Gasteiger partial charge in [0.2, 0.25) is 0 Å². The summed E-state index contributed by atoms with van der Waals surface area (Å²) in [6.45, 7) is 0. The lowest BCUT2D eigenvalue weighted by molar-refractivity contribution is 0.318. The van der Waals surface area contributed by atoms with E-state index in [0.29, 0.717) is 5.56 Å². The van der Waals surface area contributed by atoms with E-state index in [2.05, 4.69) is 31.1 Å². The van der Waals surface area contributed by atoms with Gasteiger partial charge in [-0.2, -0.15) is 0 Å². The maximum absolute atomic E-state index is 8.71. The predicted molar refractivity (Wildman–Crippen MR) is 81.7 cm³/mol. The van der Waals surface area contributed by atoms with Crippen molar-refractivity contribution in [3.05, 3.63) is 52.5 Å². The average Bonchev–Trinajstić information content (AvgIpc) is 2.89. The molecule has 20 heavy (non-hydrogen) atoms. The quantitative estimate of drug-likeness (QED) is 0.292. The molecule has 4 N–H and O–H groups in total. The monoisotopic (exact) mass is 330 g/mol. The van der Waals surface area contributed by atoms with Crippen LogP contribution in [-0.2, 0) is 0 Å². The Morgan fingerprint density at radius 3 is 2.85 bits per heavy atom. The third-order valence-corrected chi connectivity index (χ3v) is 3.48. The lowest BCUT2D eigenvalue weighted by Gasteiger charge is -1.97. The van der Waals surface area contributed by atoms with Crippen molar-refractivity contribution in [1.82, 2.24) is 9.97 Å². The van der Waals surface area contributed by atoms with Crippen LogP contribution in [0.2, 0.25) is 0 Å². The first-order valence-corrected chi connectivity index (χ1v) is 6.70. The normalized spacial score (nSPS) is 11.9. The van der Waals surface area contributed by atoms with Gasteiger partial charge in [-0.25, -0.2) is 4.98 Å². The summed E-state index contributed by atoms with van der Waals surface area (Å²) in [7, 11) is 0. The molecule has 3 rings (SSSR count). The van der Waals surface area contributed by atoms with Gasteiger partial charge in [0.05, 0.1) is 11.0 Å². The molecule has 0 aliphatic rings. The predicted octanol–water partition coefficient (Wildman–Crippen LogP) is 3.09. The van der Waals surface area contributed by atoms with E-state index >= 15 is 0 Å². The molecule has 0 saturated carbocycles. The molecular formula is C14H11BrN4O. The highest BCUT2D eigenvalue weighted by molar-refractivity contribution is 9.10. The van der Waals surface area contributed by atoms with Crippen molar-refractivity contribution in [2.45, 2.75) is 0 Å². The van der Waals surface area contributed by atoms with Gasteiger partial charge >= 0.3 is 0 Å². The van der Waals surface area contributed by atoms with Crippen LogP contribution in [0, 0.1) is 0 Å². The van der Waals surface area contributed by atoms with E-state index in [-0.39, 0.29) is 5.84 Å². The molecule has 0 radical (unpaired) electrons. The molecule has 5 nitrogen and oxygen atoms in total. The molecule has 2 aromatic carbocycles. The van der Waals surface area contributed by atoms with Gasteiger partial charge < -0.3 is 15.9 Å². The van der Waals surface area contributed by atoms with E-state index in [1.54, 1.807) is 12.1 Å². The third-order valence-electron chi connectivity index (χ3n) is 2.98. The Kier molecular flexibility index (Phi) is 3.15. The number of amidine groups is 1. The standard InChI is InChI=1S/C14H11BrN4O/c15-10-3-1-2-9(6-10)14-17-11-5-4-8(13(16)19-20)7-12(11)18-14/h1-7,20H,(H2,16,19)(H,17,18). The van der Waals surface area contributed by atoms with Crippen LogP contribution in [-0.4, -0.2) is 21.0 Å². The smallest absolute Gasteiger partial charge is 0.170 e. The second kappa shape index (κ2) is 4.97. The molecule has 1 aromatic heterocycles. The van der Waals surface area contributed by atoms with Crippen LogP contribution in [0.15, 0.2) is 52.1 Å². The van der Waals surface area contributed by atoms with E-state index in [0.717, 1.165) is 26.9 Å². The summed E-state index contributed by atoms with van der Waals surface area (Å²) >= 11 is 3.44. The van der Waals surface area contributed by atoms with Crippen molar-refractivity contribution in [3.8, 4) is 11.4 Å². The summed E-state index contributed by atoms with van der Waals surface area (Å²) in [6, 6.07) is 13.3. The fraction of sp³-hybridized carbons (Fsp3) is 0. The molecule has 100 valence electrons. The molecule has 0 saturated heterocycles. The van der Waals surface area contributed by atoms with Crippen LogP contribution >= 0.6 is 15.9 Å². The van der Waals surface area contributed by atoms with Crippen LogP contribution in [0.4, 0.5) is 0 Å². The number of hydrogen-bond donors (Lipinski definition) is 3. The highest BCUT2D eigenvalue weighted by Gasteiger charge is 2.07. The summed E-state index contributed by atoms with van der Waals surface area (Å²) in [4.78, 5) is 7.77. The van der Waals surface area contributed by atoms with Gasteiger partial charge in [0.15, 0.2) is 5.84 Å². The van der Waals surface area contributed by atoms with Crippen molar-refractivity contribution < 1.29 is 5.21 Å². The average molecular weight is 331 g/mol. The molecule has 0 fully saturated rings. The van der Waals surface area contributed by atoms with E-state index in [1.165, 1.54) is 0 Å². The number of aromatic amines is 1. The number of rotatable bonds is 2. The summed E-state index contributed by atoms with van der Waals surface area (Å²) in [5.74, 6) is 0.850. The summed E-state index contributed by atoms with van der Waals surface area (Å²) in [6.07, 6.45) is 0. The lowest BCUT2D eigenvalue weighted by atomic mass is 10.2. The largest absolute Gasteiger partial charge is 0.409 e. The van der Waals surface area contributed by atoms with Crippen LogP contribution < -0.4 is 5.73 Å². The van der Waals surface area contributed by atoms with E-state index < -0.39 is 0 Å². The molecular weight excluding hydrogens is 320 g/mol. The lowest BCUT2D eigenvalue weighted by Crippen LogP contribution is -2.12.